The van der Waals surface area contributed by atoms with E-state index in [4.69, 9.17) is 28.0 Å². The van der Waals surface area contributed by atoms with E-state index in [1.165, 1.54) is 0 Å². The maximum absolute atomic E-state index is 8.61. The molecule has 0 saturated carbocycles. The normalized spacial score (nSPS) is 10.7. The predicted molar refractivity (Wildman–Crippen MR) is 67.7 cm³/mol. The fourth-order valence-corrected chi connectivity index (χ4v) is 1.74. The average Bonchev–Trinajstić information content (AvgIpc) is 2.16. The third-order valence-corrected chi connectivity index (χ3v) is 2.20. The van der Waals surface area contributed by atoms with Gasteiger partial charge in [-0.15, -0.1) is 0 Å². The summed E-state index contributed by atoms with van der Waals surface area (Å²) in [6.07, 6.45) is 0. The molecule has 0 unspecified atom stereocenters. The van der Waals surface area contributed by atoms with Crippen LogP contribution in [0.4, 0.5) is 5.69 Å². The van der Waals surface area contributed by atoms with Crippen molar-refractivity contribution in [3.8, 4) is 6.07 Å². The van der Waals surface area contributed by atoms with E-state index in [1.54, 1.807) is 24.3 Å². The molecule has 7 heteroatoms. The lowest BCUT2D eigenvalue weighted by Crippen LogP contribution is -2.21. The SMILES string of the molecule is N#C/C(=N\Nc1cc(Cl)cc(Br)c1)C(=N)N. The summed E-state index contributed by atoms with van der Waals surface area (Å²) in [6.45, 7) is 0. The van der Waals surface area contributed by atoms with Gasteiger partial charge in [-0.1, -0.05) is 27.5 Å². The van der Waals surface area contributed by atoms with E-state index < -0.39 is 5.84 Å². The fourth-order valence-electron chi connectivity index (χ4n) is 0.884. The van der Waals surface area contributed by atoms with Crippen molar-refractivity contribution in [1.29, 1.82) is 10.7 Å². The quantitative estimate of drug-likeness (QED) is 0.454. The third kappa shape index (κ3) is 3.53. The number of nitrogens with zero attached hydrogens (tertiary/aromatic N) is 2. The lowest BCUT2D eigenvalue weighted by atomic mass is 10.3. The monoisotopic (exact) mass is 299 g/mol. The molecule has 0 radical (unpaired) electrons. The van der Waals surface area contributed by atoms with Crippen molar-refractivity contribution in [2.45, 2.75) is 0 Å². The van der Waals surface area contributed by atoms with Gasteiger partial charge in [-0.25, -0.2) is 0 Å². The number of benzene rings is 1. The zero-order chi connectivity index (χ0) is 12.1. The minimum absolute atomic E-state index is 0.184. The number of halogens is 2. The highest BCUT2D eigenvalue weighted by Gasteiger charge is 2.01. The van der Waals surface area contributed by atoms with Crippen LogP contribution >= 0.6 is 27.5 Å². The highest BCUT2D eigenvalue weighted by atomic mass is 79.9. The molecule has 0 aliphatic heterocycles. The van der Waals surface area contributed by atoms with Crippen LogP contribution in [0.5, 0.6) is 0 Å². The first kappa shape index (κ1) is 12.5. The molecule has 5 nitrogen and oxygen atoms in total. The molecule has 16 heavy (non-hydrogen) atoms. The molecular formula is C9H7BrClN5. The lowest BCUT2D eigenvalue weighted by Gasteiger charge is -2.02. The molecule has 1 aromatic carbocycles. The minimum Gasteiger partial charge on any atom is -0.382 e. The Morgan fingerprint density at radius 1 is 1.56 bits per heavy atom. The zero-order valence-corrected chi connectivity index (χ0v) is 10.3. The first-order chi connectivity index (χ1) is 7.52. The second-order valence-electron chi connectivity index (χ2n) is 2.76. The molecule has 0 fully saturated rings. The first-order valence-corrected chi connectivity index (χ1v) is 5.24. The number of hydrazone groups is 1. The molecule has 0 aromatic heterocycles. The molecule has 4 N–H and O–H groups in total. The fraction of sp³-hybridized carbons (Fsp3) is 0. The van der Waals surface area contributed by atoms with E-state index in [2.05, 4.69) is 26.5 Å². The summed E-state index contributed by atoms with van der Waals surface area (Å²) in [4.78, 5) is 0. The second-order valence-corrected chi connectivity index (χ2v) is 4.11. The highest BCUT2D eigenvalue weighted by Crippen LogP contribution is 2.22. The summed E-state index contributed by atoms with van der Waals surface area (Å²) >= 11 is 9.07. The molecular weight excluding hydrogens is 293 g/mol. The van der Waals surface area contributed by atoms with Gasteiger partial charge in [0.05, 0.1) is 5.69 Å². The number of hydrogen-bond acceptors (Lipinski definition) is 4. The minimum atomic E-state index is -0.393. The Labute approximate surface area is 106 Å². The molecule has 1 aromatic rings. The van der Waals surface area contributed by atoms with Gasteiger partial charge in [0.15, 0.2) is 5.84 Å². The summed E-state index contributed by atoms with van der Waals surface area (Å²) in [7, 11) is 0. The molecule has 0 bridgehead atoms. The number of hydrogen-bond donors (Lipinski definition) is 3. The van der Waals surface area contributed by atoms with E-state index in [-0.39, 0.29) is 5.71 Å². The van der Waals surface area contributed by atoms with Crippen LogP contribution < -0.4 is 11.2 Å². The van der Waals surface area contributed by atoms with Gasteiger partial charge in [-0.05, 0) is 18.2 Å². The Balaban J connectivity index is 2.90. The lowest BCUT2D eigenvalue weighted by molar-refractivity contribution is 1.33. The van der Waals surface area contributed by atoms with Crippen molar-refractivity contribution in [2.24, 2.45) is 10.8 Å². The van der Waals surface area contributed by atoms with Crippen LogP contribution in [-0.4, -0.2) is 11.5 Å². The second kappa shape index (κ2) is 5.49. The van der Waals surface area contributed by atoms with Crippen LogP contribution in [0.15, 0.2) is 27.8 Å². The Hall–Kier alpha value is -1.58. The van der Waals surface area contributed by atoms with Crippen molar-refractivity contribution >= 4 is 44.8 Å². The van der Waals surface area contributed by atoms with Gasteiger partial charge in [0.25, 0.3) is 0 Å². The molecule has 0 amide bonds. The molecule has 0 heterocycles. The predicted octanol–water partition coefficient (Wildman–Crippen LogP) is 2.33. The first-order valence-electron chi connectivity index (χ1n) is 4.07. The summed E-state index contributed by atoms with van der Waals surface area (Å²) in [5, 5.41) is 19.9. The maximum atomic E-state index is 8.61. The van der Waals surface area contributed by atoms with Crippen molar-refractivity contribution in [3.05, 3.63) is 27.7 Å². The van der Waals surface area contributed by atoms with Crippen LogP contribution in [0.1, 0.15) is 0 Å². The van der Waals surface area contributed by atoms with Crippen LogP contribution in [-0.2, 0) is 0 Å². The van der Waals surface area contributed by atoms with Gasteiger partial charge < -0.3 is 5.73 Å². The number of nitrogens with two attached hydrogens (primary N) is 1. The van der Waals surface area contributed by atoms with Gasteiger partial charge in [-0.2, -0.15) is 10.4 Å². The Morgan fingerprint density at radius 3 is 2.75 bits per heavy atom. The Kier molecular flexibility index (Phi) is 4.28. The summed E-state index contributed by atoms with van der Waals surface area (Å²) < 4.78 is 0.777. The van der Waals surface area contributed by atoms with Crippen molar-refractivity contribution < 1.29 is 0 Å². The van der Waals surface area contributed by atoms with Crippen LogP contribution in [0, 0.1) is 16.7 Å². The van der Waals surface area contributed by atoms with E-state index in [9.17, 15) is 0 Å². The van der Waals surface area contributed by atoms with Gasteiger partial charge >= 0.3 is 0 Å². The topological polar surface area (TPSA) is 98.0 Å². The van der Waals surface area contributed by atoms with Gasteiger partial charge in [0.1, 0.15) is 6.07 Å². The molecule has 0 spiro atoms. The van der Waals surface area contributed by atoms with E-state index in [0.29, 0.717) is 10.7 Å². The van der Waals surface area contributed by atoms with Crippen molar-refractivity contribution in [1.82, 2.24) is 0 Å². The standard InChI is InChI=1S/C9H7BrClN5/c10-5-1-6(11)3-7(2-5)15-16-8(4-12)9(13)14/h1-3,15H,(H3,13,14)/b16-8+. The van der Waals surface area contributed by atoms with Crippen molar-refractivity contribution in [3.63, 3.8) is 0 Å². The van der Waals surface area contributed by atoms with Crippen LogP contribution in [0.3, 0.4) is 0 Å². The number of rotatable bonds is 3. The maximum Gasteiger partial charge on any atom is 0.201 e. The third-order valence-electron chi connectivity index (χ3n) is 1.52. The molecule has 0 saturated heterocycles. The average molecular weight is 301 g/mol. The molecule has 1 rings (SSSR count). The van der Waals surface area contributed by atoms with Gasteiger partial charge in [0, 0.05) is 9.50 Å². The molecule has 0 aliphatic rings. The summed E-state index contributed by atoms with van der Waals surface area (Å²) in [5.74, 6) is -0.393. The van der Waals surface area contributed by atoms with Crippen molar-refractivity contribution in [2.75, 3.05) is 5.43 Å². The Morgan fingerprint density at radius 2 is 2.25 bits per heavy atom. The number of nitriles is 1. The number of nitrogens with one attached hydrogen (secondary N) is 2. The van der Waals surface area contributed by atoms with E-state index in [1.807, 2.05) is 0 Å². The van der Waals surface area contributed by atoms with Crippen LogP contribution in [0.2, 0.25) is 5.02 Å². The molecule has 0 atom stereocenters. The molecule has 82 valence electrons. The van der Waals surface area contributed by atoms with E-state index in [0.717, 1.165) is 4.47 Å². The van der Waals surface area contributed by atoms with E-state index >= 15 is 0 Å². The van der Waals surface area contributed by atoms with Gasteiger partial charge in [-0.3, -0.25) is 10.8 Å². The molecule has 0 aliphatic carbocycles. The summed E-state index contributed by atoms with van der Waals surface area (Å²) in [6, 6.07) is 6.77. The largest absolute Gasteiger partial charge is 0.382 e. The smallest absolute Gasteiger partial charge is 0.201 e. The van der Waals surface area contributed by atoms with Gasteiger partial charge in [0.2, 0.25) is 5.71 Å². The number of anilines is 1. The Bertz CT molecular complexity index is 471. The summed E-state index contributed by atoms with van der Waals surface area (Å²) in [5.41, 5.74) is 8.12. The number of amidine groups is 1. The van der Waals surface area contributed by atoms with Crippen LogP contribution in [0.25, 0.3) is 0 Å². The zero-order valence-electron chi connectivity index (χ0n) is 7.96. The highest BCUT2D eigenvalue weighted by molar-refractivity contribution is 9.10.